The van der Waals surface area contributed by atoms with Crippen LogP contribution in [0.2, 0.25) is 0 Å². The molecule has 1 aromatic rings. The lowest BCUT2D eigenvalue weighted by Crippen LogP contribution is -2.23. The van der Waals surface area contributed by atoms with Crippen molar-refractivity contribution in [3.8, 4) is 0 Å². The van der Waals surface area contributed by atoms with Crippen LogP contribution in [-0.4, -0.2) is 11.4 Å². The Labute approximate surface area is 70.2 Å². The van der Waals surface area contributed by atoms with Gasteiger partial charge in [0.25, 0.3) is 0 Å². The topological polar surface area (TPSA) is 15.4 Å². The van der Waals surface area contributed by atoms with Crippen LogP contribution in [0, 0.1) is 0 Å². The van der Waals surface area contributed by atoms with Crippen LogP contribution in [0.4, 0.5) is 0 Å². The summed E-state index contributed by atoms with van der Waals surface area (Å²) in [7, 11) is 0. The predicted molar refractivity (Wildman–Crippen MR) is 46.5 cm³/mol. The highest BCUT2D eigenvalue weighted by atomic mass is 15.3. The Balaban J connectivity index is 2.51. The predicted octanol–water partition coefficient (Wildman–Crippen LogP) is 0.215. The molecule has 0 radical (unpaired) electrons. The summed E-state index contributed by atoms with van der Waals surface area (Å²) in [6.45, 7) is 1.07. The third-order valence-corrected chi connectivity index (χ3v) is 2.24. The highest BCUT2D eigenvalue weighted by molar-refractivity contribution is 5.60. The Morgan fingerprint density at radius 3 is 3.17 bits per heavy atom. The molecule has 1 aromatic carbocycles. The molecule has 0 unspecified atom stereocenters. The fourth-order valence-corrected chi connectivity index (χ4v) is 1.53. The van der Waals surface area contributed by atoms with Gasteiger partial charge in [0.05, 0.1) is 11.9 Å². The molecular formula is C10H8N2. The van der Waals surface area contributed by atoms with Gasteiger partial charge in [-0.15, -0.1) is 0 Å². The molecular weight excluding hydrogens is 148 g/mol. The second kappa shape index (κ2) is 1.97. The molecule has 58 valence electrons. The van der Waals surface area contributed by atoms with Crippen molar-refractivity contribution in [3.63, 3.8) is 0 Å². The van der Waals surface area contributed by atoms with Gasteiger partial charge < -0.3 is 4.90 Å². The summed E-state index contributed by atoms with van der Waals surface area (Å²) in [5, 5.41) is 2.37. The van der Waals surface area contributed by atoms with E-state index in [1.54, 1.807) is 0 Å². The molecule has 12 heavy (non-hydrogen) atoms. The minimum Gasteiger partial charge on any atom is -0.342 e. The smallest absolute Gasteiger partial charge is 0.0720 e. The molecule has 1 saturated heterocycles. The highest BCUT2D eigenvalue weighted by Gasteiger charge is 2.24. The highest BCUT2D eigenvalue weighted by Crippen LogP contribution is 2.22. The number of hydrogen-bond acceptors (Lipinski definition) is 2. The first-order chi connectivity index (χ1) is 5.95. The van der Waals surface area contributed by atoms with E-state index >= 15 is 0 Å². The van der Waals surface area contributed by atoms with Gasteiger partial charge in [0.2, 0.25) is 0 Å². The van der Waals surface area contributed by atoms with Crippen molar-refractivity contribution in [1.29, 1.82) is 0 Å². The molecule has 0 N–H and O–H groups in total. The first-order valence-electron chi connectivity index (χ1n) is 4.04. The molecule has 0 atom stereocenters. The van der Waals surface area contributed by atoms with Crippen LogP contribution in [0.15, 0.2) is 41.7 Å². The van der Waals surface area contributed by atoms with E-state index in [1.807, 2.05) is 18.5 Å². The van der Waals surface area contributed by atoms with E-state index in [0.717, 1.165) is 11.9 Å². The zero-order valence-electron chi connectivity index (χ0n) is 6.57. The van der Waals surface area contributed by atoms with Crippen molar-refractivity contribution < 1.29 is 0 Å². The summed E-state index contributed by atoms with van der Waals surface area (Å²) in [5.74, 6) is 0. The molecule has 2 heterocycles. The molecule has 2 heteroatoms. The van der Waals surface area contributed by atoms with Crippen molar-refractivity contribution in [1.82, 2.24) is 4.90 Å². The van der Waals surface area contributed by atoms with E-state index in [9.17, 15) is 0 Å². The van der Waals surface area contributed by atoms with Gasteiger partial charge in [0, 0.05) is 23.3 Å². The second-order valence-corrected chi connectivity index (χ2v) is 3.02. The Kier molecular flexibility index (Phi) is 0.987. The maximum absolute atomic E-state index is 4.32. The monoisotopic (exact) mass is 156 g/mol. The Hall–Kier alpha value is -1.57. The standard InChI is InChI=1S/C10H8N2/c1-2-4-9-8(3-1)10-7-12(10)6-5-11-9/h1-6H,7H2. The molecule has 0 aromatic heterocycles. The molecule has 3 rings (SSSR count). The fourth-order valence-electron chi connectivity index (χ4n) is 1.53. The van der Waals surface area contributed by atoms with E-state index in [0.29, 0.717) is 0 Å². The van der Waals surface area contributed by atoms with Crippen molar-refractivity contribution in [2.24, 2.45) is 4.99 Å². The quantitative estimate of drug-likeness (QED) is 0.490. The minimum absolute atomic E-state index is 1.07. The lowest BCUT2D eigenvalue weighted by molar-refractivity contribution is 0.826. The summed E-state index contributed by atoms with van der Waals surface area (Å²) >= 11 is 0. The van der Waals surface area contributed by atoms with Gasteiger partial charge in [-0.05, 0) is 6.07 Å². The van der Waals surface area contributed by atoms with Crippen LogP contribution in [0.3, 0.4) is 0 Å². The summed E-state index contributed by atoms with van der Waals surface area (Å²) in [4.78, 5) is 6.53. The maximum Gasteiger partial charge on any atom is 0.0720 e. The molecule has 2 nitrogen and oxygen atoms in total. The van der Waals surface area contributed by atoms with Crippen molar-refractivity contribution in [2.45, 2.75) is 0 Å². The maximum atomic E-state index is 4.32. The lowest BCUT2D eigenvalue weighted by Gasteiger charge is -1.84. The van der Waals surface area contributed by atoms with Gasteiger partial charge in [-0.2, -0.15) is 0 Å². The first-order valence-corrected chi connectivity index (χ1v) is 4.04. The van der Waals surface area contributed by atoms with E-state index in [2.05, 4.69) is 28.1 Å². The van der Waals surface area contributed by atoms with Gasteiger partial charge in [-0.3, -0.25) is 4.99 Å². The van der Waals surface area contributed by atoms with Crippen molar-refractivity contribution >= 4 is 5.70 Å². The Bertz CT molecular complexity index is 471. The number of benzene rings is 1. The summed E-state index contributed by atoms with van der Waals surface area (Å²) in [6.07, 6.45) is 3.88. The van der Waals surface area contributed by atoms with Crippen LogP contribution < -0.4 is 10.6 Å². The second-order valence-electron chi connectivity index (χ2n) is 3.02. The molecule has 0 amide bonds. The number of nitrogens with zero attached hydrogens (tertiary/aromatic N) is 2. The zero-order chi connectivity index (χ0) is 7.97. The number of para-hydroxylation sites is 1. The van der Waals surface area contributed by atoms with Crippen LogP contribution in [0.25, 0.3) is 5.70 Å². The molecule has 2 aliphatic rings. The number of fused-ring (bicyclic) bond motifs is 2. The lowest BCUT2D eigenvalue weighted by atomic mass is 10.3. The summed E-state index contributed by atoms with van der Waals surface area (Å²) < 4.78 is 0. The van der Waals surface area contributed by atoms with E-state index in [4.69, 9.17) is 0 Å². The van der Waals surface area contributed by atoms with Crippen LogP contribution in [-0.2, 0) is 0 Å². The molecule has 0 aliphatic carbocycles. The normalized spacial score (nSPS) is 17.7. The Morgan fingerprint density at radius 2 is 2.17 bits per heavy atom. The van der Waals surface area contributed by atoms with Crippen LogP contribution >= 0.6 is 0 Å². The van der Waals surface area contributed by atoms with Crippen LogP contribution in [0.5, 0.6) is 0 Å². The average molecular weight is 156 g/mol. The van der Waals surface area contributed by atoms with Crippen LogP contribution in [0.1, 0.15) is 0 Å². The largest absolute Gasteiger partial charge is 0.342 e. The van der Waals surface area contributed by atoms with E-state index in [-0.39, 0.29) is 0 Å². The van der Waals surface area contributed by atoms with E-state index < -0.39 is 0 Å². The third-order valence-electron chi connectivity index (χ3n) is 2.24. The SMILES string of the molecule is C1=CN2CC2=c2ccccc2=N1. The van der Waals surface area contributed by atoms with Crippen molar-refractivity contribution in [2.75, 3.05) is 6.54 Å². The average Bonchev–Trinajstić information content (AvgIpc) is 2.82. The summed E-state index contributed by atoms with van der Waals surface area (Å²) in [6, 6.07) is 8.26. The van der Waals surface area contributed by atoms with Gasteiger partial charge in [0.1, 0.15) is 0 Å². The number of hydrogen-bond donors (Lipinski definition) is 0. The summed E-state index contributed by atoms with van der Waals surface area (Å²) in [5.41, 5.74) is 1.39. The fraction of sp³-hybridized carbons (Fsp3) is 0.100. The minimum atomic E-state index is 1.07. The first kappa shape index (κ1) is 6.00. The number of rotatable bonds is 0. The van der Waals surface area contributed by atoms with Gasteiger partial charge >= 0.3 is 0 Å². The molecule has 0 spiro atoms. The van der Waals surface area contributed by atoms with Crippen molar-refractivity contribution in [3.05, 3.63) is 47.2 Å². The zero-order valence-corrected chi connectivity index (χ0v) is 6.57. The molecule has 0 bridgehead atoms. The molecule has 2 aliphatic heterocycles. The van der Waals surface area contributed by atoms with E-state index in [1.165, 1.54) is 10.9 Å². The van der Waals surface area contributed by atoms with Gasteiger partial charge in [-0.25, -0.2) is 0 Å². The Morgan fingerprint density at radius 1 is 1.25 bits per heavy atom. The molecule has 1 fully saturated rings. The van der Waals surface area contributed by atoms with Gasteiger partial charge in [0.15, 0.2) is 0 Å². The third kappa shape index (κ3) is 0.720. The van der Waals surface area contributed by atoms with Gasteiger partial charge in [-0.1, -0.05) is 18.2 Å². The molecule has 0 saturated carbocycles.